The molecule has 1 aromatic carbocycles. The molecule has 0 amide bonds. The Morgan fingerprint density at radius 1 is 1.21 bits per heavy atom. The van der Waals surface area contributed by atoms with Gasteiger partial charge in [0, 0.05) is 6.07 Å². The predicted molar refractivity (Wildman–Crippen MR) is 53.8 cm³/mol. The Morgan fingerprint density at radius 2 is 1.79 bits per heavy atom. The molecular formula is C10H6F4N4O. The first-order valence-electron chi connectivity index (χ1n) is 5.00. The molecule has 0 fully saturated rings. The number of halogens is 4. The Bertz CT molecular complexity index is 587. The van der Waals surface area contributed by atoms with Crippen molar-refractivity contribution in [2.24, 2.45) is 20.7 Å². The third-order valence-electron chi connectivity index (χ3n) is 2.57. The van der Waals surface area contributed by atoms with Gasteiger partial charge in [0.1, 0.15) is 11.6 Å². The van der Waals surface area contributed by atoms with Gasteiger partial charge in [-0.15, -0.1) is 10.2 Å². The predicted octanol–water partition coefficient (Wildman–Crippen LogP) is 3.33. The molecule has 9 heteroatoms. The fourth-order valence-electron chi connectivity index (χ4n) is 1.42. The van der Waals surface area contributed by atoms with Gasteiger partial charge in [0.2, 0.25) is 5.78 Å². The van der Waals surface area contributed by atoms with Crippen LogP contribution >= 0.6 is 0 Å². The van der Waals surface area contributed by atoms with E-state index < -0.39 is 34.6 Å². The van der Waals surface area contributed by atoms with Gasteiger partial charge in [0.15, 0.2) is 0 Å². The summed E-state index contributed by atoms with van der Waals surface area (Å²) in [4.78, 5) is 11.7. The van der Waals surface area contributed by atoms with Crippen LogP contribution in [0.15, 0.2) is 38.9 Å². The SMILES string of the molecule is CC1(C(F)(F)C(=O)c2ccc(F)cc2F)N=NN=N1. The highest BCUT2D eigenvalue weighted by atomic mass is 19.3. The van der Waals surface area contributed by atoms with Gasteiger partial charge in [-0.05, 0) is 29.5 Å². The largest absolute Gasteiger partial charge is 0.357 e. The summed E-state index contributed by atoms with van der Waals surface area (Å²) in [5.41, 5.74) is -3.48. The zero-order valence-corrected chi connectivity index (χ0v) is 9.44. The smallest absolute Gasteiger partial charge is 0.287 e. The Hall–Kier alpha value is -2.19. The molecule has 0 atom stereocenters. The molecule has 0 saturated carbocycles. The summed E-state index contributed by atoms with van der Waals surface area (Å²) in [6, 6.07) is 1.67. The van der Waals surface area contributed by atoms with Crippen LogP contribution in [0, 0.1) is 11.6 Å². The molecule has 2 rings (SSSR count). The molecule has 0 saturated heterocycles. The lowest BCUT2D eigenvalue weighted by atomic mass is 9.96. The quantitative estimate of drug-likeness (QED) is 0.615. The minimum Gasteiger partial charge on any atom is -0.287 e. The topological polar surface area (TPSA) is 66.5 Å². The number of Topliss-reactive ketones (excluding diaryl/α,β-unsaturated/α-hetero) is 1. The molecular weight excluding hydrogens is 268 g/mol. The molecule has 0 aliphatic carbocycles. The summed E-state index contributed by atoms with van der Waals surface area (Å²) in [5.74, 6) is -8.40. The first-order chi connectivity index (χ1) is 8.78. The molecule has 1 aliphatic rings. The van der Waals surface area contributed by atoms with Crippen LogP contribution in [-0.2, 0) is 0 Å². The standard InChI is InChI=1S/C10H6F4N4O/c1-9(15-17-18-16-9)10(13,14)8(19)6-3-2-5(11)4-7(6)12/h2-4H,1H3. The van der Waals surface area contributed by atoms with Crippen molar-refractivity contribution < 1.29 is 22.4 Å². The average Bonchev–Trinajstić information content (AvgIpc) is 2.77. The molecule has 0 spiro atoms. The number of benzene rings is 1. The van der Waals surface area contributed by atoms with Crippen LogP contribution in [0.3, 0.4) is 0 Å². The first kappa shape index (κ1) is 13.2. The summed E-state index contributed by atoms with van der Waals surface area (Å²) in [6.07, 6.45) is 0. The molecule has 0 aromatic heterocycles. The van der Waals surface area contributed by atoms with Gasteiger partial charge < -0.3 is 0 Å². The molecule has 19 heavy (non-hydrogen) atoms. The zero-order valence-electron chi connectivity index (χ0n) is 9.44. The zero-order chi connectivity index (χ0) is 14.3. The maximum Gasteiger partial charge on any atom is 0.357 e. The molecule has 0 bridgehead atoms. The van der Waals surface area contributed by atoms with Gasteiger partial charge in [-0.2, -0.15) is 8.78 Å². The van der Waals surface area contributed by atoms with E-state index in [4.69, 9.17) is 0 Å². The average molecular weight is 274 g/mol. The van der Waals surface area contributed by atoms with Crippen molar-refractivity contribution in [3.63, 3.8) is 0 Å². The minimum absolute atomic E-state index is 0.337. The van der Waals surface area contributed by atoms with Crippen LogP contribution < -0.4 is 0 Å². The van der Waals surface area contributed by atoms with Crippen LogP contribution in [0.25, 0.3) is 0 Å². The van der Waals surface area contributed by atoms with E-state index in [9.17, 15) is 22.4 Å². The van der Waals surface area contributed by atoms with Crippen LogP contribution in [0.2, 0.25) is 0 Å². The van der Waals surface area contributed by atoms with Gasteiger partial charge in [-0.3, -0.25) is 4.79 Å². The lowest BCUT2D eigenvalue weighted by Gasteiger charge is -2.24. The fourth-order valence-corrected chi connectivity index (χ4v) is 1.42. The van der Waals surface area contributed by atoms with E-state index >= 15 is 0 Å². The number of alkyl halides is 2. The molecule has 1 aromatic rings. The van der Waals surface area contributed by atoms with Crippen LogP contribution in [-0.4, -0.2) is 17.4 Å². The molecule has 0 unspecified atom stereocenters. The molecule has 100 valence electrons. The highest BCUT2D eigenvalue weighted by molar-refractivity contribution is 6.02. The molecule has 5 nitrogen and oxygen atoms in total. The number of carbonyl (C=O) groups is 1. The van der Waals surface area contributed by atoms with Crippen molar-refractivity contribution in [2.75, 3.05) is 0 Å². The van der Waals surface area contributed by atoms with E-state index in [1.54, 1.807) is 0 Å². The van der Waals surface area contributed by atoms with Crippen molar-refractivity contribution >= 4 is 5.78 Å². The maximum absolute atomic E-state index is 14.0. The highest BCUT2D eigenvalue weighted by Gasteiger charge is 2.60. The summed E-state index contributed by atoms with van der Waals surface area (Å²) >= 11 is 0. The number of ketones is 1. The van der Waals surface area contributed by atoms with Gasteiger partial charge >= 0.3 is 5.92 Å². The van der Waals surface area contributed by atoms with E-state index in [2.05, 4.69) is 20.7 Å². The third-order valence-corrected chi connectivity index (χ3v) is 2.57. The monoisotopic (exact) mass is 274 g/mol. The van der Waals surface area contributed by atoms with Crippen molar-refractivity contribution in [1.82, 2.24) is 0 Å². The number of rotatable bonds is 3. The van der Waals surface area contributed by atoms with E-state index in [0.717, 1.165) is 6.92 Å². The summed E-state index contributed by atoms with van der Waals surface area (Å²) in [7, 11) is 0. The van der Waals surface area contributed by atoms with Gasteiger partial charge in [0.05, 0.1) is 5.56 Å². The lowest BCUT2D eigenvalue weighted by molar-refractivity contribution is -0.0362. The summed E-state index contributed by atoms with van der Waals surface area (Å²) in [6.45, 7) is 0.826. The fraction of sp³-hybridized carbons (Fsp3) is 0.300. The lowest BCUT2D eigenvalue weighted by Crippen LogP contribution is -2.48. The number of hydrogen-bond donors (Lipinski definition) is 0. The number of nitrogens with zero attached hydrogens (tertiary/aromatic N) is 4. The Kier molecular flexibility index (Phi) is 2.91. The Balaban J connectivity index is 2.43. The van der Waals surface area contributed by atoms with Crippen molar-refractivity contribution in [2.45, 2.75) is 18.5 Å². The molecule has 1 heterocycles. The maximum atomic E-state index is 14.0. The number of carbonyl (C=O) groups excluding carboxylic acids is 1. The second kappa shape index (κ2) is 4.18. The van der Waals surface area contributed by atoms with E-state index in [1.807, 2.05) is 0 Å². The van der Waals surface area contributed by atoms with E-state index in [-0.39, 0.29) is 0 Å². The molecule has 0 N–H and O–H groups in total. The minimum atomic E-state index is -4.16. The van der Waals surface area contributed by atoms with Crippen molar-refractivity contribution in [3.05, 3.63) is 35.4 Å². The van der Waals surface area contributed by atoms with Crippen LogP contribution in [0.5, 0.6) is 0 Å². The summed E-state index contributed by atoms with van der Waals surface area (Å²) in [5, 5.41) is 11.9. The first-order valence-corrected chi connectivity index (χ1v) is 5.00. The highest BCUT2D eigenvalue weighted by Crippen LogP contribution is 2.39. The van der Waals surface area contributed by atoms with Gasteiger partial charge in [-0.1, -0.05) is 0 Å². The molecule has 0 radical (unpaired) electrons. The van der Waals surface area contributed by atoms with Gasteiger partial charge in [-0.25, -0.2) is 8.78 Å². The van der Waals surface area contributed by atoms with Crippen LogP contribution in [0.4, 0.5) is 17.6 Å². The Labute approximate surface area is 104 Å². The summed E-state index contributed by atoms with van der Waals surface area (Å²) < 4.78 is 53.9. The van der Waals surface area contributed by atoms with E-state index in [1.165, 1.54) is 0 Å². The molecule has 1 aliphatic heterocycles. The normalized spacial score (nSPS) is 16.9. The Morgan fingerprint density at radius 3 is 2.32 bits per heavy atom. The second-order valence-electron chi connectivity index (χ2n) is 3.93. The van der Waals surface area contributed by atoms with E-state index in [0.29, 0.717) is 18.2 Å². The third kappa shape index (κ3) is 2.00. The van der Waals surface area contributed by atoms with Crippen LogP contribution in [0.1, 0.15) is 17.3 Å². The van der Waals surface area contributed by atoms with Gasteiger partial charge in [0.25, 0.3) is 5.66 Å². The van der Waals surface area contributed by atoms with Crippen molar-refractivity contribution in [1.29, 1.82) is 0 Å². The second-order valence-corrected chi connectivity index (χ2v) is 3.93. The van der Waals surface area contributed by atoms with Crippen molar-refractivity contribution in [3.8, 4) is 0 Å². The number of hydrogen-bond acceptors (Lipinski definition) is 5.